The first-order valence-electron chi connectivity index (χ1n) is 2.58. The van der Waals surface area contributed by atoms with E-state index in [9.17, 15) is 0 Å². The number of aliphatic imine (C=N–C) groups is 1. The zero-order valence-electron chi connectivity index (χ0n) is 5.14. The van der Waals surface area contributed by atoms with E-state index in [2.05, 4.69) is 9.73 Å². The van der Waals surface area contributed by atoms with Gasteiger partial charge in [0.25, 0.3) is 0 Å². The van der Waals surface area contributed by atoms with Crippen molar-refractivity contribution in [2.24, 2.45) is 10.7 Å². The van der Waals surface area contributed by atoms with Crippen molar-refractivity contribution in [1.29, 1.82) is 0 Å². The van der Waals surface area contributed by atoms with Gasteiger partial charge in [-0.05, 0) is 0 Å². The molecule has 6 heavy (non-hydrogen) atoms. The van der Waals surface area contributed by atoms with Crippen molar-refractivity contribution in [3.8, 4) is 0 Å². The Balaban J connectivity index is 2.67. The molecule has 0 aromatic rings. The third kappa shape index (κ3) is 0.490. The summed E-state index contributed by atoms with van der Waals surface area (Å²) in [5.41, 5.74) is 5.10. The second-order valence-electron chi connectivity index (χ2n) is 0.983. The van der Waals surface area contributed by atoms with Crippen LogP contribution in [0.5, 0.6) is 0 Å². The Morgan fingerprint density at radius 1 is 2.50 bits per heavy atom. The van der Waals surface area contributed by atoms with Crippen LogP contribution >= 0.6 is 0 Å². The average molecular weight is 88.1 g/mol. The van der Waals surface area contributed by atoms with Gasteiger partial charge in [0.05, 0.1) is 1.37 Å². The van der Waals surface area contributed by atoms with E-state index in [4.69, 9.17) is 8.48 Å². The van der Waals surface area contributed by atoms with Crippen molar-refractivity contribution < 1.29 is 7.48 Å². The molecule has 1 unspecified atom stereocenters. The number of hydrogen-bond donors (Lipinski definition) is 1. The molecule has 2 N–H and O–H groups in total. The van der Waals surface area contributed by atoms with Gasteiger partial charge in [-0.1, -0.05) is 0 Å². The molecule has 0 saturated carbocycles. The summed E-state index contributed by atoms with van der Waals surface area (Å²) < 4.78 is 18.1. The predicted molar refractivity (Wildman–Crippen MR) is 22.4 cm³/mol. The van der Waals surface area contributed by atoms with Gasteiger partial charge in [0, 0.05) is 0 Å². The van der Waals surface area contributed by atoms with Gasteiger partial charge < -0.3 is 10.5 Å². The van der Waals surface area contributed by atoms with Crippen LogP contribution in [0.1, 0.15) is 2.74 Å². The molecule has 0 radical (unpaired) electrons. The van der Waals surface area contributed by atoms with Crippen LogP contribution in [0.4, 0.5) is 0 Å². The van der Waals surface area contributed by atoms with E-state index in [0.29, 0.717) is 0 Å². The second kappa shape index (κ2) is 1.26. The van der Waals surface area contributed by atoms with Crippen LogP contribution < -0.4 is 5.73 Å². The highest BCUT2D eigenvalue weighted by Crippen LogP contribution is 1.87. The molecule has 0 aliphatic carbocycles. The minimum absolute atomic E-state index is 0.00810. The molecule has 1 atom stereocenters. The fourth-order valence-corrected chi connectivity index (χ4v) is 0.229. The molecule has 0 amide bonds. The van der Waals surface area contributed by atoms with Crippen LogP contribution in [0.15, 0.2) is 4.99 Å². The summed E-state index contributed by atoms with van der Waals surface area (Å²) in [4.78, 5) is 3.33. The lowest BCUT2D eigenvalue weighted by molar-refractivity contribution is 0.330. The molecule has 3 heteroatoms. The largest absolute Gasteiger partial charge is 0.480 e. The summed E-state index contributed by atoms with van der Waals surface area (Å²) in [7, 11) is 0. The van der Waals surface area contributed by atoms with E-state index < -0.39 is 6.14 Å². The van der Waals surface area contributed by atoms with E-state index in [1.807, 2.05) is 0 Å². The molecular weight excluding hydrogens is 80.0 g/mol. The van der Waals surface area contributed by atoms with Gasteiger partial charge in [-0.25, -0.2) is 4.99 Å². The predicted octanol–water partition coefficient (Wildman–Crippen LogP) is -0.670. The number of hydrogen-bond acceptors (Lipinski definition) is 3. The third-order valence-corrected chi connectivity index (χ3v) is 0.474. The molecule has 0 fully saturated rings. The summed E-state index contributed by atoms with van der Waals surface area (Å²) in [6, 6.07) is 0. The lowest BCUT2D eigenvalue weighted by Gasteiger charge is -1.89. The Morgan fingerprint density at radius 2 is 3.33 bits per heavy atom. The first kappa shape index (κ1) is 1.93. The number of rotatable bonds is 0. The van der Waals surface area contributed by atoms with Gasteiger partial charge in [0.1, 0.15) is 14.1 Å². The average Bonchev–Trinajstić information content (AvgIpc) is 1.82. The van der Waals surface area contributed by atoms with Gasteiger partial charge in [0.15, 0.2) is 6.38 Å². The third-order valence-electron chi connectivity index (χ3n) is 0.474. The van der Waals surface area contributed by atoms with Crippen molar-refractivity contribution in [2.75, 3.05) is 6.61 Å². The Morgan fingerprint density at radius 3 is 3.50 bits per heavy atom. The lowest BCUT2D eigenvalue weighted by Crippen LogP contribution is -2.17. The molecule has 1 rings (SSSR count). The number of nitrogens with zero attached hydrogens (tertiary/aromatic N) is 1. The standard InChI is InChI=1S/C3H6N2O/c4-3-1-6-2-5-3/h2-3H,1,4H2/i2D,3D. The maximum atomic E-state index is 6.96. The Kier molecular flexibility index (Phi) is 0.406. The van der Waals surface area contributed by atoms with E-state index >= 15 is 0 Å². The Bertz CT molecular complexity index is 133. The van der Waals surface area contributed by atoms with E-state index in [0.717, 1.165) is 0 Å². The molecule has 0 spiro atoms. The minimum atomic E-state index is -1.41. The SMILES string of the molecule is [2H]C1=NC([2H])(N)CO1. The van der Waals surface area contributed by atoms with Crippen LogP contribution in [-0.2, 0) is 4.74 Å². The summed E-state index contributed by atoms with van der Waals surface area (Å²) >= 11 is 0. The molecular formula is C3H6N2O. The van der Waals surface area contributed by atoms with Gasteiger partial charge in [-0.2, -0.15) is 0 Å². The van der Waals surface area contributed by atoms with Crippen LogP contribution in [0, 0.1) is 0 Å². The van der Waals surface area contributed by atoms with Crippen LogP contribution in [0.3, 0.4) is 0 Å². The summed E-state index contributed by atoms with van der Waals surface area (Å²) in [5.74, 6) is 0. The van der Waals surface area contributed by atoms with Gasteiger partial charge in [-0.3, -0.25) is 0 Å². The topological polar surface area (TPSA) is 47.6 Å². The van der Waals surface area contributed by atoms with Crippen LogP contribution in [-0.4, -0.2) is 19.1 Å². The summed E-state index contributed by atoms with van der Waals surface area (Å²) in [6.45, 7) is -0.00810. The molecule has 0 bridgehead atoms. The van der Waals surface area contributed by atoms with Crippen molar-refractivity contribution in [2.45, 2.75) is 6.14 Å². The smallest absolute Gasteiger partial charge is 0.171 e. The van der Waals surface area contributed by atoms with Gasteiger partial charge >= 0.3 is 0 Å². The fourth-order valence-electron chi connectivity index (χ4n) is 0.229. The van der Waals surface area contributed by atoms with Crippen molar-refractivity contribution in [3.05, 3.63) is 0 Å². The molecule has 0 saturated heterocycles. The van der Waals surface area contributed by atoms with Crippen LogP contribution in [0.2, 0.25) is 0 Å². The molecule has 1 aliphatic heterocycles. The van der Waals surface area contributed by atoms with E-state index in [1.165, 1.54) is 0 Å². The molecule has 34 valence electrons. The number of ether oxygens (including phenoxy) is 1. The summed E-state index contributed by atoms with van der Waals surface area (Å²) in [5, 5.41) is 0. The first-order chi connectivity index (χ1) is 3.60. The number of nitrogens with two attached hydrogens (primary N) is 1. The highest BCUT2D eigenvalue weighted by atomic mass is 16.5. The Hall–Kier alpha value is -0.570. The second-order valence-corrected chi connectivity index (χ2v) is 0.983. The van der Waals surface area contributed by atoms with Crippen molar-refractivity contribution >= 4 is 6.38 Å². The van der Waals surface area contributed by atoms with Gasteiger partial charge in [0.2, 0.25) is 0 Å². The first-order valence-corrected chi connectivity index (χ1v) is 1.58. The fraction of sp³-hybridized carbons (Fsp3) is 0.667. The highest BCUT2D eigenvalue weighted by Gasteiger charge is 2.01. The maximum Gasteiger partial charge on any atom is 0.171 e. The van der Waals surface area contributed by atoms with Gasteiger partial charge in [-0.15, -0.1) is 0 Å². The highest BCUT2D eigenvalue weighted by molar-refractivity contribution is 5.48. The summed E-state index contributed by atoms with van der Waals surface area (Å²) in [6.07, 6.45) is -1.65. The van der Waals surface area contributed by atoms with Crippen molar-refractivity contribution in [1.82, 2.24) is 0 Å². The van der Waals surface area contributed by atoms with E-state index in [-0.39, 0.29) is 13.0 Å². The molecule has 0 aromatic carbocycles. The van der Waals surface area contributed by atoms with Crippen LogP contribution in [0.25, 0.3) is 0 Å². The Labute approximate surface area is 38.6 Å². The van der Waals surface area contributed by atoms with Crippen molar-refractivity contribution in [3.63, 3.8) is 0 Å². The molecule has 3 nitrogen and oxygen atoms in total. The minimum Gasteiger partial charge on any atom is -0.480 e. The maximum absolute atomic E-state index is 6.96. The normalized spacial score (nSPS) is 49.2. The zero-order chi connectivity index (χ0) is 6.20. The molecule has 0 aromatic heterocycles. The lowest BCUT2D eigenvalue weighted by atomic mass is 10.6. The monoisotopic (exact) mass is 88.1 g/mol. The molecule has 1 heterocycles. The van der Waals surface area contributed by atoms with E-state index in [1.54, 1.807) is 0 Å². The quantitative estimate of drug-likeness (QED) is 0.427. The molecule has 1 aliphatic rings. The zero-order valence-corrected chi connectivity index (χ0v) is 3.14.